The summed E-state index contributed by atoms with van der Waals surface area (Å²) >= 11 is 12.2. The van der Waals surface area contributed by atoms with E-state index in [9.17, 15) is 0 Å². The van der Waals surface area contributed by atoms with E-state index in [0.29, 0.717) is 10.4 Å². The second-order valence-electron chi connectivity index (χ2n) is 7.33. The highest BCUT2D eigenvalue weighted by Gasteiger charge is 2.19. The maximum atomic E-state index is 6.23. The zero-order chi connectivity index (χ0) is 15.4. The summed E-state index contributed by atoms with van der Waals surface area (Å²) in [4.78, 5) is 0. The first-order valence-electron chi connectivity index (χ1n) is 7.28. The smallest absolute Gasteiger partial charge is 0.0452 e. The second-order valence-corrected chi connectivity index (χ2v) is 8.17. The molecule has 0 fully saturated rings. The van der Waals surface area contributed by atoms with Crippen molar-refractivity contribution < 1.29 is 0 Å². The van der Waals surface area contributed by atoms with E-state index < -0.39 is 0 Å². The predicted molar refractivity (Wildman–Crippen MR) is 90.9 cm³/mol. The van der Waals surface area contributed by atoms with Gasteiger partial charge >= 0.3 is 0 Å². The molecule has 114 valence electrons. The van der Waals surface area contributed by atoms with Crippen molar-refractivity contribution in [3.8, 4) is 0 Å². The molecule has 20 heavy (non-hydrogen) atoms. The number of aryl methyl sites for hydroxylation is 1. The molecule has 1 aromatic rings. The van der Waals surface area contributed by atoms with Crippen LogP contribution in [0.1, 0.15) is 53.0 Å². The van der Waals surface area contributed by atoms with Crippen LogP contribution < -0.4 is 5.32 Å². The number of hydrogen-bond acceptors (Lipinski definition) is 1. The number of halogens is 2. The Balaban J connectivity index is 2.46. The third-order valence-electron chi connectivity index (χ3n) is 3.54. The van der Waals surface area contributed by atoms with Gasteiger partial charge < -0.3 is 5.32 Å². The van der Waals surface area contributed by atoms with Crippen LogP contribution in [0, 0.1) is 5.41 Å². The van der Waals surface area contributed by atoms with Crippen molar-refractivity contribution in [1.82, 2.24) is 5.32 Å². The lowest BCUT2D eigenvalue weighted by Gasteiger charge is -2.28. The SMILES string of the molecule is CC(C)(CCNC(C)(C)C)CCc1ccc(Cl)cc1Cl. The van der Waals surface area contributed by atoms with Crippen LogP contribution in [0.3, 0.4) is 0 Å². The molecule has 0 aromatic heterocycles. The molecule has 0 saturated heterocycles. The number of benzene rings is 1. The quantitative estimate of drug-likeness (QED) is 0.706. The largest absolute Gasteiger partial charge is 0.312 e. The average molecular weight is 316 g/mol. The Bertz CT molecular complexity index is 433. The number of hydrogen-bond donors (Lipinski definition) is 1. The molecular formula is C17H27Cl2N. The first-order chi connectivity index (χ1) is 9.09. The molecule has 0 aliphatic heterocycles. The summed E-state index contributed by atoms with van der Waals surface area (Å²) in [5, 5.41) is 5.03. The van der Waals surface area contributed by atoms with Gasteiger partial charge in [-0.1, -0.05) is 43.1 Å². The average Bonchev–Trinajstić information content (AvgIpc) is 2.25. The van der Waals surface area contributed by atoms with Gasteiger partial charge in [-0.25, -0.2) is 0 Å². The minimum atomic E-state index is 0.190. The molecule has 0 heterocycles. The minimum Gasteiger partial charge on any atom is -0.312 e. The Labute approximate surface area is 134 Å². The van der Waals surface area contributed by atoms with Crippen molar-refractivity contribution in [2.75, 3.05) is 6.54 Å². The standard InChI is InChI=1S/C17H27Cl2N/c1-16(2,3)20-11-10-17(4,5)9-8-13-6-7-14(18)12-15(13)19/h6-7,12,20H,8-11H2,1-5H3. The third-order valence-corrected chi connectivity index (χ3v) is 4.13. The highest BCUT2D eigenvalue weighted by atomic mass is 35.5. The van der Waals surface area contributed by atoms with Crippen molar-refractivity contribution in [2.24, 2.45) is 5.41 Å². The van der Waals surface area contributed by atoms with Gasteiger partial charge in [0.2, 0.25) is 0 Å². The van der Waals surface area contributed by atoms with Crippen molar-refractivity contribution in [3.63, 3.8) is 0 Å². The van der Waals surface area contributed by atoms with Crippen LogP contribution in [0.2, 0.25) is 10.0 Å². The van der Waals surface area contributed by atoms with E-state index in [1.54, 1.807) is 0 Å². The van der Waals surface area contributed by atoms with Gasteiger partial charge in [0.1, 0.15) is 0 Å². The first-order valence-corrected chi connectivity index (χ1v) is 8.04. The highest BCUT2D eigenvalue weighted by Crippen LogP contribution is 2.29. The van der Waals surface area contributed by atoms with E-state index in [1.807, 2.05) is 18.2 Å². The van der Waals surface area contributed by atoms with Crippen LogP contribution in [0.5, 0.6) is 0 Å². The van der Waals surface area contributed by atoms with E-state index >= 15 is 0 Å². The van der Waals surface area contributed by atoms with Gasteiger partial charge in [-0.15, -0.1) is 0 Å². The molecule has 0 unspecified atom stereocenters. The van der Waals surface area contributed by atoms with Gasteiger partial charge in [0.05, 0.1) is 0 Å². The van der Waals surface area contributed by atoms with E-state index in [-0.39, 0.29) is 5.54 Å². The van der Waals surface area contributed by atoms with Crippen LogP contribution in [-0.4, -0.2) is 12.1 Å². The summed E-state index contributed by atoms with van der Waals surface area (Å²) in [6.07, 6.45) is 3.29. The Morgan fingerprint density at radius 2 is 1.65 bits per heavy atom. The molecule has 1 rings (SSSR count). The first kappa shape index (κ1) is 17.8. The second kappa shape index (κ2) is 7.15. The maximum Gasteiger partial charge on any atom is 0.0452 e. The highest BCUT2D eigenvalue weighted by molar-refractivity contribution is 6.35. The molecule has 1 N–H and O–H groups in total. The fourth-order valence-electron chi connectivity index (χ4n) is 2.10. The number of nitrogens with one attached hydrogen (secondary N) is 1. The lowest BCUT2D eigenvalue weighted by Crippen LogP contribution is -2.38. The Morgan fingerprint density at radius 3 is 2.20 bits per heavy atom. The topological polar surface area (TPSA) is 12.0 Å². The van der Waals surface area contributed by atoms with E-state index in [4.69, 9.17) is 23.2 Å². The summed E-state index contributed by atoms with van der Waals surface area (Å²) in [7, 11) is 0. The van der Waals surface area contributed by atoms with Crippen LogP contribution in [0.4, 0.5) is 0 Å². The summed E-state index contributed by atoms with van der Waals surface area (Å²) in [6, 6.07) is 5.78. The maximum absolute atomic E-state index is 6.23. The molecule has 0 atom stereocenters. The van der Waals surface area contributed by atoms with Gasteiger partial charge in [0.15, 0.2) is 0 Å². The predicted octanol–water partition coefficient (Wildman–Crippen LogP) is 5.73. The molecule has 0 aliphatic rings. The normalized spacial score (nSPS) is 12.8. The van der Waals surface area contributed by atoms with Crippen LogP contribution in [0.25, 0.3) is 0 Å². The van der Waals surface area contributed by atoms with Gasteiger partial charge in [-0.2, -0.15) is 0 Å². The lowest BCUT2D eigenvalue weighted by atomic mass is 9.83. The molecule has 0 saturated carbocycles. The summed E-state index contributed by atoms with van der Waals surface area (Å²) in [5.74, 6) is 0. The minimum absolute atomic E-state index is 0.190. The molecule has 0 radical (unpaired) electrons. The van der Waals surface area contributed by atoms with Gasteiger partial charge in [-0.3, -0.25) is 0 Å². The number of rotatable bonds is 6. The fourth-order valence-corrected chi connectivity index (χ4v) is 2.60. The van der Waals surface area contributed by atoms with Gasteiger partial charge in [0, 0.05) is 15.6 Å². The van der Waals surface area contributed by atoms with E-state index in [0.717, 1.165) is 30.8 Å². The van der Waals surface area contributed by atoms with E-state index in [1.165, 1.54) is 5.56 Å². The van der Waals surface area contributed by atoms with E-state index in [2.05, 4.69) is 39.9 Å². The molecule has 3 heteroatoms. The molecule has 1 nitrogen and oxygen atoms in total. The molecule has 1 aromatic carbocycles. The molecule has 0 amide bonds. The van der Waals surface area contributed by atoms with Gasteiger partial charge in [0.25, 0.3) is 0 Å². The third kappa shape index (κ3) is 6.97. The Morgan fingerprint density at radius 1 is 1.00 bits per heavy atom. The lowest BCUT2D eigenvalue weighted by molar-refractivity contribution is 0.284. The van der Waals surface area contributed by atoms with Crippen LogP contribution in [-0.2, 0) is 6.42 Å². The molecule has 0 spiro atoms. The van der Waals surface area contributed by atoms with Crippen LogP contribution >= 0.6 is 23.2 Å². The molecular weight excluding hydrogens is 289 g/mol. The van der Waals surface area contributed by atoms with Crippen molar-refractivity contribution in [3.05, 3.63) is 33.8 Å². The van der Waals surface area contributed by atoms with Crippen LogP contribution in [0.15, 0.2) is 18.2 Å². The summed E-state index contributed by atoms with van der Waals surface area (Å²) in [6.45, 7) is 12.3. The Hall–Kier alpha value is -0.240. The zero-order valence-corrected chi connectivity index (χ0v) is 14.8. The fraction of sp³-hybridized carbons (Fsp3) is 0.647. The van der Waals surface area contributed by atoms with Crippen molar-refractivity contribution in [1.29, 1.82) is 0 Å². The molecule has 0 bridgehead atoms. The van der Waals surface area contributed by atoms with Crippen molar-refractivity contribution in [2.45, 2.75) is 59.4 Å². The Kier molecular flexibility index (Phi) is 6.37. The zero-order valence-electron chi connectivity index (χ0n) is 13.3. The summed E-state index contributed by atoms with van der Waals surface area (Å²) in [5.41, 5.74) is 1.68. The monoisotopic (exact) mass is 315 g/mol. The van der Waals surface area contributed by atoms with Gasteiger partial charge in [-0.05, 0) is 69.7 Å². The van der Waals surface area contributed by atoms with Crippen molar-refractivity contribution >= 4 is 23.2 Å². The summed E-state index contributed by atoms with van der Waals surface area (Å²) < 4.78 is 0. The molecule has 0 aliphatic carbocycles.